The lowest BCUT2D eigenvalue weighted by molar-refractivity contribution is 0.134. The smallest absolute Gasteiger partial charge is 0.155 e. The average Bonchev–Trinajstić information content (AvgIpc) is 2.16. The minimum atomic E-state index is -3.37. The molecule has 0 spiro atoms. The van der Waals surface area contributed by atoms with Crippen LogP contribution in [0.2, 0.25) is 0 Å². The van der Waals surface area contributed by atoms with Crippen molar-refractivity contribution in [3.05, 3.63) is 24.3 Å². The van der Waals surface area contributed by atoms with Gasteiger partial charge in [-0.2, -0.15) is 0 Å². The van der Waals surface area contributed by atoms with Gasteiger partial charge in [0.15, 0.2) is 9.84 Å². The second-order valence-corrected chi connectivity index (χ2v) is 6.50. The highest BCUT2D eigenvalue weighted by Crippen LogP contribution is 2.30. The van der Waals surface area contributed by atoms with Crippen molar-refractivity contribution in [3.8, 4) is 0 Å². The van der Waals surface area contributed by atoms with E-state index >= 15 is 0 Å². The Morgan fingerprint density at radius 1 is 1.40 bits per heavy atom. The van der Waals surface area contributed by atoms with Crippen molar-refractivity contribution in [1.82, 2.24) is 9.97 Å². The summed E-state index contributed by atoms with van der Waals surface area (Å²) in [5.41, 5.74) is 0.257. The normalized spacial score (nSPS) is 14.9. The van der Waals surface area contributed by atoms with Crippen molar-refractivity contribution >= 4 is 9.84 Å². The van der Waals surface area contributed by atoms with Crippen LogP contribution in [0.25, 0.3) is 0 Å². The Morgan fingerprint density at radius 3 is 2.40 bits per heavy atom. The molecule has 1 N–H and O–H groups in total. The first kappa shape index (κ1) is 12.1. The van der Waals surface area contributed by atoms with Crippen LogP contribution in [0.1, 0.15) is 25.6 Å². The van der Waals surface area contributed by atoms with E-state index in [9.17, 15) is 13.5 Å². The Morgan fingerprint density at radius 2 is 2.00 bits per heavy atom. The lowest BCUT2D eigenvalue weighted by Gasteiger charge is -2.27. The Balaban J connectivity index is 3.11. The van der Waals surface area contributed by atoms with E-state index in [0.717, 1.165) is 6.26 Å². The first-order valence-electron chi connectivity index (χ1n) is 4.40. The summed E-state index contributed by atoms with van der Waals surface area (Å²) in [4.78, 5) is 7.67. The minimum absolute atomic E-state index is 0.257. The van der Waals surface area contributed by atoms with Crippen LogP contribution in [0.15, 0.2) is 18.6 Å². The number of hydrogen-bond acceptors (Lipinski definition) is 5. The van der Waals surface area contributed by atoms with Crippen molar-refractivity contribution in [3.63, 3.8) is 0 Å². The van der Waals surface area contributed by atoms with Crippen LogP contribution in [0.4, 0.5) is 0 Å². The molecule has 5 nitrogen and oxygen atoms in total. The summed E-state index contributed by atoms with van der Waals surface area (Å²) in [5, 5.41) is 9.90. The number of aliphatic hydroxyl groups is 1. The van der Waals surface area contributed by atoms with Crippen LogP contribution in [0.5, 0.6) is 0 Å². The van der Waals surface area contributed by atoms with Crippen molar-refractivity contribution in [2.24, 2.45) is 0 Å². The number of hydrogen-bond donors (Lipinski definition) is 1. The zero-order chi connectivity index (χ0) is 11.7. The fourth-order valence-electron chi connectivity index (χ4n) is 1.01. The van der Waals surface area contributed by atoms with Crippen LogP contribution in [-0.4, -0.2) is 34.5 Å². The molecular formula is C9H14N2O3S. The zero-order valence-electron chi connectivity index (χ0n) is 8.88. The zero-order valence-corrected chi connectivity index (χ0v) is 9.69. The molecule has 0 bridgehead atoms. The van der Waals surface area contributed by atoms with Gasteiger partial charge in [0.1, 0.15) is 6.10 Å². The highest BCUT2D eigenvalue weighted by Gasteiger charge is 2.39. The Kier molecular flexibility index (Phi) is 3.11. The van der Waals surface area contributed by atoms with E-state index in [1.807, 2.05) is 0 Å². The molecule has 0 aliphatic rings. The van der Waals surface area contributed by atoms with Gasteiger partial charge < -0.3 is 5.11 Å². The molecule has 6 heteroatoms. The summed E-state index contributed by atoms with van der Waals surface area (Å²) >= 11 is 0. The second-order valence-electron chi connectivity index (χ2n) is 3.91. The second kappa shape index (κ2) is 3.86. The largest absolute Gasteiger partial charge is 0.385 e. The van der Waals surface area contributed by atoms with Crippen molar-refractivity contribution in [2.75, 3.05) is 6.26 Å². The summed E-state index contributed by atoms with van der Waals surface area (Å²) in [6.07, 6.45) is 4.14. The van der Waals surface area contributed by atoms with E-state index in [0.29, 0.717) is 0 Å². The van der Waals surface area contributed by atoms with Gasteiger partial charge in [-0.15, -0.1) is 0 Å². The van der Waals surface area contributed by atoms with Gasteiger partial charge in [0.2, 0.25) is 0 Å². The molecule has 1 aromatic heterocycles. The fourth-order valence-corrected chi connectivity index (χ4v) is 1.54. The lowest BCUT2D eigenvalue weighted by Crippen LogP contribution is -2.38. The number of rotatable bonds is 3. The summed E-state index contributed by atoms with van der Waals surface area (Å²) in [6, 6.07) is 0. The first-order valence-corrected chi connectivity index (χ1v) is 6.29. The van der Waals surface area contributed by atoms with E-state index in [1.165, 1.54) is 32.4 Å². The molecule has 1 atom stereocenters. The van der Waals surface area contributed by atoms with Crippen LogP contribution in [-0.2, 0) is 9.84 Å². The molecule has 84 valence electrons. The van der Waals surface area contributed by atoms with Gasteiger partial charge in [-0.05, 0) is 13.8 Å². The molecule has 1 rings (SSSR count). The van der Waals surface area contributed by atoms with Crippen molar-refractivity contribution < 1.29 is 13.5 Å². The molecule has 1 unspecified atom stereocenters. The third-order valence-corrected chi connectivity index (χ3v) is 4.61. The maximum atomic E-state index is 11.5. The van der Waals surface area contributed by atoms with Crippen molar-refractivity contribution in [2.45, 2.75) is 24.7 Å². The predicted molar refractivity (Wildman–Crippen MR) is 55.9 cm³/mol. The maximum Gasteiger partial charge on any atom is 0.155 e. The topological polar surface area (TPSA) is 80.2 Å². The Hall–Kier alpha value is -1.01. The quantitative estimate of drug-likeness (QED) is 0.809. The van der Waals surface area contributed by atoms with Gasteiger partial charge in [-0.25, -0.2) is 8.42 Å². The number of sulfone groups is 1. The fraction of sp³-hybridized carbons (Fsp3) is 0.556. The molecule has 0 amide bonds. The van der Waals surface area contributed by atoms with Gasteiger partial charge in [0.25, 0.3) is 0 Å². The molecular weight excluding hydrogens is 216 g/mol. The molecule has 0 saturated carbocycles. The summed E-state index contributed by atoms with van der Waals surface area (Å²) in [6.45, 7) is 2.92. The summed E-state index contributed by atoms with van der Waals surface area (Å²) in [7, 11) is -3.37. The molecule has 0 aromatic carbocycles. The SMILES string of the molecule is CC(C)(C(O)c1cnccn1)S(C)(=O)=O. The molecule has 0 saturated heterocycles. The minimum Gasteiger partial charge on any atom is -0.385 e. The third-order valence-electron chi connectivity index (χ3n) is 2.48. The van der Waals surface area contributed by atoms with Gasteiger partial charge in [0, 0.05) is 18.6 Å². The predicted octanol–water partition coefficient (Wildman–Crippen LogP) is 0.333. The summed E-state index contributed by atoms with van der Waals surface area (Å²) < 4.78 is 21.6. The molecule has 0 aliphatic carbocycles. The third kappa shape index (κ3) is 2.32. The van der Waals surface area contributed by atoms with Crippen molar-refractivity contribution in [1.29, 1.82) is 0 Å². The number of aliphatic hydroxyl groups excluding tert-OH is 1. The van der Waals surface area contributed by atoms with Gasteiger partial charge in [-0.1, -0.05) is 0 Å². The van der Waals surface area contributed by atoms with Crippen LogP contribution in [0, 0.1) is 0 Å². The van der Waals surface area contributed by atoms with Gasteiger partial charge in [0.05, 0.1) is 16.6 Å². The first-order chi connectivity index (χ1) is 6.77. The number of aromatic nitrogens is 2. The van der Waals surface area contributed by atoms with E-state index in [1.54, 1.807) is 0 Å². The van der Waals surface area contributed by atoms with Crippen LogP contribution < -0.4 is 0 Å². The Labute approximate surface area is 89.1 Å². The van der Waals surface area contributed by atoms with E-state index in [4.69, 9.17) is 0 Å². The van der Waals surface area contributed by atoms with Gasteiger partial charge >= 0.3 is 0 Å². The van der Waals surface area contributed by atoms with E-state index in [2.05, 4.69) is 9.97 Å². The van der Waals surface area contributed by atoms with E-state index < -0.39 is 20.7 Å². The molecule has 0 aliphatic heterocycles. The van der Waals surface area contributed by atoms with Crippen LogP contribution in [0.3, 0.4) is 0 Å². The molecule has 1 aromatic rings. The molecule has 15 heavy (non-hydrogen) atoms. The Bertz CT molecular complexity index is 428. The van der Waals surface area contributed by atoms with Crippen LogP contribution >= 0.6 is 0 Å². The molecule has 0 radical (unpaired) electrons. The summed E-state index contributed by atoms with van der Waals surface area (Å²) in [5.74, 6) is 0. The van der Waals surface area contributed by atoms with E-state index in [-0.39, 0.29) is 5.69 Å². The molecule has 0 fully saturated rings. The highest BCUT2D eigenvalue weighted by atomic mass is 32.2. The standard InChI is InChI=1S/C9H14N2O3S/c1-9(2,15(3,13)14)8(12)7-6-10-4-5-11-7/h4-6,8,12H,1-3H3. The monoisotopic (exact) mass is 230 g/mol. The lowest BCUT2D eigenvalue weighted by atomic mass is 10.0. The van der Waals surface area contributed by atoms with Gasteiger partial charge in [-0.3, -0.25) is 9.97 Å². The average molecular weight is 230 g/mol. The molecule has 1 heterocycles. The maximum absolute atomic E-state index is 11.5. The highest BCUT2D eigenvalue weighted by molar-refractivity contribution is 7.92. The number of nitrogens with zero attached hydrogens (tertiary/aromatic N) is 2.